The third-order valence-electron chi connectivity index (χ3n) is 1.67. The van der Waals surface area contributed by atoms with Gasteiger partial charge in [-0.25, -0.2) is 4.39 Å². The van der Waals surface area contributed by atoms with E-state index in [4.69, 9.17) is 0 Å². The van der Waals surface area contributed by atoms with Crippen molar-refractivity contribution in [2.45, 2.75) is 37.8 Å². The highest BCUT2D eigenvalue weighted by molar-refractivity contribution is 4.93. The van der Waals surface area contributed by atoms with E-state index in [1.807, 2.05) is 0 Å². The molecular weight excluding hydrogens is 103 g/mol. The third kappa shape index (κ3) is 1.46. The van der Waals surface area contributed by atoms with Gasteiger partial charge in [0.15, 0.2) is 0 Å². The van der Waals surface area contributed by atoms with Crippen molar-refractivity contribution < 1.29 is 4.39 Å². The molecule has 1 fully saturated rings. The van der Waals surface area contributed by atoms with Gasteiger partial charge in [0.25, 0.3) is 0 Å². The predicted molar refractivity (Wildman–Crippen MR) is 32.3 cm³/mol. The second kappa shape index (κ2) is 2.04. The molecule has 0 nitrogen and oxygen atoms in total. The number of alkyl halides is 1. The second-order valence-corrected chi connectivity index (χ2v) is 2.61. The van der Waals surface area contributed by atoms with Crippen LogP contribution in [0.25, 0.3) is 0 Å². The SMILES string of the molecule is [CH2]CCCC1(F)CC1. The normalized spacial score (nSPS) is 23.2. The van der Waals surface area contributed by atoms with Crippen molar-refractivity contribution in [3.8, 4) is 0 Å². The number of hydrogen-bond acceptors (Lipinski definition) is 0. The van der Waals surface area contributed by atoms with E-state index in [1.165, 1.54) is 0 Å². The molecule has 1 heteroatoms. The molecule has 0 heterocycles. The van der Waals surface area contributed by atoms with Gasteiger partial charge in [-0.05, 0) is 19.3 Å². The van der Waals surface area contributed by atoms with Crippen LogP contribution in [0.2, 0.25) is 0 Å². The van der Waals surface area contributed by atoms with Crippen molar-refractivity contribution in [2.24, 2.45) is 0 Å². The van der Waals surface area contributed by atoms with Gasteiger partial charge in [-0.2, -0.15) is 0 Å². The Balaban J connectivity index is 2.01. The average molecular weight is 115 g/mol. The second-order valence-electron chi connectivity index (χ2n) is 2.61. The molecule has 1 radical (unpaired) electrons. The molecule has 0 aromatic rings. The molecule has 47 valence electrons. The first-order chi connectivity index (χ1) is 3.77. The van der Waals surface area contributed by atoms with Gasteiger partial charge in [0.05, 0.1) is 0 Å². The van der Waals surface area contributed by atoms with Crippen LogP contribution in [-0.4, -0.2) is 5.67 Å². The molecule has 0 N–H and O–H groups in total. The fourth-order valence-corrected chi connectivity index (χ4v) is 0.827. The Morgan fingerprint density at radius 1 is 1.50 bits per heavy atom. The highest BCUT2D eigenvalue weighted by Crippen LogP contribution is 2.43. The molecule has 8 heavy (non-hydrogen) atoms. The first-order valence-corrected chi connectivity index (χ1v) is 3.25. The minimum Gasteiger partial charge on any atom is -0.244 e. The summed E-state index contributed by atoms with van der Waals surface area (Å²) in [6.07, 6.45) is 4.18. The summed E-state index contributed by atoms with van der Waals surface area (Å²) < 4.78 is 12.7. The topological polar surface area (TPSA) is 0 Å². The number of rotatable bonds is 3. The molecule has 0 aromatic heterocycles. The Morgan fingerprint density at radius 2 is 2.12 bits per heavy atom. The van der Waals surface area contributed by atoms with Gasteiger partial charge in [-0.1, -0.05) is 19.8 Å². The Morgan fingerprint density at radius 3 is 2.50 bits per heavy atom. The summed E-state index contributed by atoms with van der Waals surface area (Å²) in [6.45, 7) is 3.65. The molecule has 0 spiro atoms. The summed E-state index contributed by atoms with van der Waals surface area (Å²) in [4.78, 5) is 0. The van der Waals surface area contributed by atoms with E-state index in [2.05, 4.69) is 6.92 Å². The van der Waals surface area contributed by atoms with Crippen molar-refractivity contribution in [1.29, 1.82) is 0 Å². The fraction of sp³-hybridized carbons (Fsp3) is 0.857. The van der Waals surface area contributed by atoms with E-state index < -0.39 is 5.67 Å². The van der Waals surface area contributed by atoms with Crippen molar-refractivity contribution >= 4 is 0 Å². The first kappa shape index (κ1) is 6.06. The van der Waals surface area contributed by atoms with Gasteiger partial charge in [0, 0.05) is 0 Å². The maximum absolute atomic E-state index is 12.7. The monoisotopic (exact) mass is 115 g/mol. The van der Waals surface area contributed by atoms with Gasteiger partial charge in [0.1, 0.15) is 5.67 Å². The lowest BCUT2D eigenvalue weighted by atomic mass is 10.2. The molecule has 0 saturated heterocycles. The van der Waals surface area contributed by atoms with E-state index in [-0.39, 0.29) is 0 Å². The molecule has 0 atom stereocenters. The van der Waals surface area contributed by atoms with Crippen LogP contribution >= 0.6 is 0 Å². The van der Waals surface area contributed by atoms with E-state index in [9.17, 15) is 4.39 Å². The van der Waals surface area contributed by atoms with Gasteiger partial charge in [-0.3, -0.25) is 0 Å². The summed E-state index contributed by atoms with van der Waals surface area (Å²) in [5.74, 6) is 0. The van der Waals surface area contributed by atoms with Gasteiger partial charge < -0.3 is 0 Å². The van der Waals surface area contributed by atoms with Crippen LogP contribution in [0.5, 0.6) is 0 Å². The molecular formula is C7H12F. The van der Waals surface area contributed by atoms with E-state index in [0.717, 1.165) is 32.1 Å². The predicted octanol–water partition coefficient (Wildman–Crippen LogP) is 2.49. The van der Waals surface area contributed by atoms with Crippen LogP contribution in [0.1, 0.15) is 32.1 Å². The molecule has 0 aliphatic heterocycles. The average Bonchev–Trinajstić information content (AvgIpc) is 2.45. The summed E-state index contributed by atoms with van der Waals surface area (Å²) in [5.41, 5.74) is -0.738. The van der Waals surface area contributed by atoms with Crippen molar-refractivity contribution in [3.05, 3.63) is 6.92 Å². The van der Waals surface area contributed by atoms with Crippen molar-refractivity contribution in [2.75, 3.05) is 0 Å². The van der Waals surface area contributed by atoms with Crippen LogP contribution in [0.3, 0.4) is 0 Å². The minimum atomic E-state index is -0.738. The smallest absolute Gasteiger partial charge is 0.111 e. The highest BCUT2D eigenvalue weighted by atomic mass is 19.1. The van der Waals surface area contributed by atoms with Crippen molar-refractivity contribution in [3.63, 3.8) is 0 Å². The molecule has 0 unspecified atom stereocenters. The van der Waals surface area contributed by atoms with Crippen LogP contribution in [0.4, 0.5) is 4.39 Å². The minimum absolute atomic E-state index is 0.738. The largest absolute Gasteiger partial charge is 0.244 e. The maximum Gasteiger partial charge on any atom is 0.111 e. The van der Waals surface area contributed by atoms with E-state index >= 15 is 0 Å². The molecule has 1 saturated carbocycles. The zero-order valence-corrected chi connectivity index (χ0v) is 5.12. The van der Waals surface area contributed by atoms with Crippen LogP contribution in [0, 0.1) is 6.92 Å². The summed E-state index contributed by atoms with van der Waals surface area (Å²) in [7, 11) is 0. The lowest BCUT2D eigenvalue weighted by Crippen LogP contribution is -1.96. The number of halogens is 1. The molecule has 1 aliphatic rings. The van der Waals surface area contributed by atoms with Gasteiger partial charge in [-0.15, -0.1) is 0 Å². The lowest BCUT2D eigenvalue weighted by molar-refractivity contribution is 0.284. The fourth-order valence-electron chi connectivity index (χ4n) is 0.827. The number of hydrogen-bond donors (Lipinski definition) is 0. The highest BCUT2D eigenvalue weighted by Gasteiger charge is 2.41. The Labute approximate surface area is 50.1 Å². The molecule has 0 aromatic carbocycles. The third-order valence-corrected chi connectivity index (χ3v) is 1.67. The standard InChI is InChI=1S/C7H12F/c1-2-3-4-7(8)5-6-7/h1-6H2. The molecule has 1 rings (SSSR count). The Kier molecular flexibility index (Phi) is 1.54. The van der Waals surface area contributed by atoms with Crippen molar-refractivity contribution in [1.82, 2.24) is 0 Å². The van der Waals surface area contributed by atoms with E-state index in [1.54, 1.807) is 0 Å². The molecule has 1 aliphatic carbocycles. The summed E-state index contributed by atoms with van der Waals surface area (Å²) >= 11 is 0. The Hall–Kier alpha value is -0.0700. The van der Waals surface area contributed by atoms with Gasteiger partial charge in [0.2, 0.25) is 0 Å². The van der Waals surface area contributed by atoms with Crippen LogP contribution in [-0.2, 0) is 0 Å². The summed E-state index contributed by atoms with van der Waals surface area (Å²) in [5, 5.41) is 0. The first-order valence-electron chi connectivity index (χ1n) is 3.25. The van der Waals surface area contributed by atoms with E-state index in [0.29, 0.717) is 0 Å². The summed E-state index contributed by atoms with van der Waals surface area (Å²) in [6, 6.07) is 0. The Bertz CT molecular complexity index is 74.5. The zero-order chi connectivity index (χ0) is 6.04. The van der Waals surface area contributed by atoms with Gasteiger partial charge >= 0.3 is 0 Å². The quantitative estimate of drug-likeness (QED) is 0.530. The zero-order valence-electron chi connectivity index (χ0n) is 5.12. The maximum atomic E-state index is 12.7. The number of unbranched alkanes of at least 4 members (excludes halogenated alkanes) is 1. The lowest BCUT2D eigenvalue weighted by Gasteiger charge is -1.99. The molecule has 0 bridgehead atoms. The molecule has 0 amide bonds. The van der Waals surface area contributed by atoms with Crippen LogP contribution < -0.4 is 0 Å². The van der Waals surface area contributed by atoms with Crippen LogP contribution in [0.15, 0.2) is 0 Å².